The van der Waals surface area contributed by atoms with Gasteiger partial charge in [-0.05, 0) is 42.3 Å². The zero-order valence-corrected chi connectivity index (χ0v) is 8.87. The summed E-state index contributed by atoms with van der Waals surface area (Å²) in [5.41, 5.74) is 2.90. The lowest BCUT2D eigenvalue weighted by molar-refractivity contribution is 0.541. The summed E-state index contributed by atoms with van der Waals surface area (Å²) in [6.07, 6.45) is 2.47. The highest BCUT2D eigenvalue weighted by Crippen LogP contribution is 2.24. The molecule has 1 N–H and O–H groups in total. The van der Waals surface area contributed by atoms with Crippen molar-refractivity contribution in [2.75, 3.05) is 7.05 Å². The summed E-state index contributed by atoms with van der Waals surface area (Å²) >= 11 is 1.80. The second kappa shape index (κ2) is 4.63. The zero-order valence-electron chi connectivity index (χ0n) is 8.05. The quantitative estimate of drug-likeness (QED) is 0.756. The van der Waals surface area contributed by atoms with Crippen LogP contribution in [0.2, 0.25) is 0 Å². The molecule has 68 valence electrons. The fourth-order valence-corrected chi connectivity index (χ4v) is 2.38. The van der Waals surface area contributed by atoms with Crippen LogP contribution in [0.4, 0.5) is 0 Å². The number of thiophene rings is 1. The summed E-state index contributed by atoms with van der Waals surface area (Å²) in [5, 5.41) is 7.83. The van der Waals surface area contributed by atoms with Gasteiger partial charge in [-0.25, -0.2) is 0 Å². The Labute approximate surface area is 78.8 Å². The van der Waals surface area contributed by atoms with E-state index in [0.717, 1.165) is 0 Å². The molecule has 0 aliphatic rings. The first-order valence-corrected chi connectivity index (χ1v) is 5.43. The Morgan fingerprint density at radius 2 is 2.25 bits per heavy atom. The van der Waals surface area contributed by atoms with Crippen molar-refractivity contribution in [3.05, 3.63) is 21.9 Å². The summed E-state index contributed by atoms with van der Waals surface area (Å²) in [4.78, 5) is 0. The Hall–Kier alpha value is -0.340. The molecule has 1 rings (SSSR count). The second-order valence-corrected chi connectivity index (χ2v) is 3.88. The lowest BCUT2D eigenvalue weighted by atomic mass is 10.0. The van der Waals surface area contributed by atoms with Crippen molar-refractivity contribution in [3.8, 4) is 0 Å². The van der Waals surface area contributed by atoms with Gasteiger partial charge < -0.3 is 5.32 Å². The van der Waals surface area contributed by atoms with E-state index in [2.05, 4.69) is 29.9 Å². The molecule has 2 heteroatoms. The number of rotatable bonds is 4. The van der Waals surface area contributed by atoms with Gasteiger partial charge in [0.2, 0.25) is 0 Å². The maximum atomic E-state index is 3.35. The van der Waals surface area contributed by atoms with Crippen molar-refractivity contribution in [1.82, 2.24) is 5.32 Å². The van der Waals surface area contributed by atoms with E-state index in [1.165, 1.54) is 24.0 Å². The molecule has 0 bridgehead atoms. The van der Waals surface area contributed by atoms with Crippen molar-refractivity contribution in [2.45, 2.75) is 32.7 Å². The summed E-state index contributed by atoms with van der Waals surface area (Å²) in [7, 11) is 2.04. The first-order valence-electron chi connectivity index (χ1n) is 4.49. The average Bonchev–Trinajstić information content (AvgIpc) is 2.47. The highest BCUT2D eigenvalue weighted by molar-refractivity contribution is 7.08. The van der Waals surface area contributed by atoms with Gasteiger partial charge in [-0.1, -0.05) is 13.3 Å². The zero-order chi connectivity index (χ0) is 8.97. The van der Waals surface area contributed by atoms with Crippen LogP contribution < -0.4 is 5.32 Å². The molecule has 1 heterocycles. The average molecular weight is 183 g/mol. The van der Waals surface area contributed by atoms with Gasteiger partial charge in [0.1, 0.15) is 0 Å². The van der Waals surface area contributed by atoms with Crippen LogP contribution in [0.3, 0.4) is 0 Å². The fraction of sp³-hybridized carbons (Fsp3) is 0.600. The van der Waals surface area contributed by atoms with Gasteiger partial charge in [0, 0.05) is 6.04 Å². The van der Waals surface area contributed by atoms with Crippen molar-refractivity contribution in [3.63, 3.8) is 0 Å². The Morgan fingerprint density at radius 3 is 2.67 bits per heavy atom. The third-order valence-electron chi connectivity index (χ3n) is 2.20. The highest BCUT2D eigenvalue weighted by atomic mass is 32.1. The van der Waals surface area contributed by atoms with E-state index < -0.39 is 0 Å². The molecule has 0 aromatic carbocycles. The minimum Gasteiger partial charge on any atom is -0.313 e. The third-order valence-corrected chi connectivity index (χ3v) is 3.08. The Bertz CT molecular complexity index is 229. The molecule has 1 aromatic rings. The van der Waals surface area contributed by atoms with Crippen LogP contribution in [-0.4, -0.2) is 7.05 Å². The smallest absolute Gasteiger partial charge is 0.0328 e. The van der Waals surface area contributed by atoms with E-state index in [1.807, 2.05) is 7.05 Å². The van der Waals surface area contributed by atoms with Crippen molar-refractivity contribution < 1.29 is 0 Å². The second-order valence-electron chi connectivity index (χ2n) is 3.14. The first-order chi connectivity index (χ1) is 5.79. The van der Waals surface area contributed by atoms with Crippen LogP contribution in [0.15, 0.2) is 10.8 Å². The molecule has 1 nitrogen and oxygen atoms in total. The van der Waals surface area contributed by atoms with E-state index in [0.29, 0.717) is 6.04 Å². The van der Waals surface area contributed by atoms with E-state index in [-0.39, 0.29) is 0 Å². The molecule has 0 amide bonds. The number of hydrogen-bond donors (Lipinski definition) is 1. The van der Waals surface area contributed by atoms with Gasteiger partial charge in [-0.15, -0.1) is 0 Å². The summed E-state index contributed by atoms with van der Waals surface area (Å²) < 4.78 is 0. The summed E-state index contributed by atoms with van der Waals surface area (Å²) in [6.45, 7) is 4.41. The molecule has 0 spiro atoms. The minimum atomic E-state index is 0.557. The largest absolute Gasteiger partial charge is 0.313 e. The van der Waals surface area contributed by atoms with E-state index in [1.54, 1.807) is 11.3 Å². The number of hydrogen-bond acceptors (Lipinski definition) is 2. The molecular formula is C10H17NS. The molecule has 0 aliphatic heterocycles. The van der Waals surface area contributed by atoms with Crippen LogP contribution in [0.1, 0.15) is 36.9 Å². The molecule has 0 fully saturated rings. The van der Waals surface area contributed by atoms with Crippen LogP contribution in [-0.2, 0) is 0 Å². The molecule has 1 unspecified atom stereocenters. The lowest BCUT2D eigenvalue weighted by Crippen LogP contribution is -2.15. The predicted octanol–water partition coefficient (Wildman–Crippen LogP) is 3.12. The normalized spacial score (nSPS) is 13.2. The van der Waals surface area contributed by atoms with Gasteiger partial charge in [-0.2, -0.15) is 11.3 Å². The monoisotopic (exact) mass is 183 g/mol. The molecule has 0 saturated heterocycles. The van der Waals surface area contributed by atoms with Crippen molar-refractivity contribution in [2.24, 2.45) is 0 Å². The van der Waals surface area contributed by atoms with Gasteiger partial charge in [0.25, 0.3) is 0 Å². The van der Waals surface area contributed by atoms with Gasteiger partial charge in [-0.3, -0.25) is 0 Å². The summed E-state index contributed by atoms with van der Waals surface area (Å²) in [5.74, 6) is 0. The van der Waals surface area contributed by atoms with Crippen LogP contribution in [0.25, 0.3) is 0 Å². The van der Waals surface area contributed by atoms with Gasteiger partial charge in [0.15, 0.2) is 0 Å². The van der Waals surface area contributed by atoms with Gasteiger partial charge >= 0.3 is 0 Å². The molecule has 1 atom stereocenters. The topological polar surface area (TPSA) is 12.0 Å². The number of nitrogens with one attached hydrogen (secondary N) is 1. The van der Waals surface area contributed by atoms with E-state index >= 15 is 0 Å². The lowest BCUT2D eigenvalue weighted by Gasteiger charge is -2.14. The molecule has 0 aliphatic carbocycles. The van der Waals surface area contributed by atoms with E-state index in [9.17, 15) is 0 Å². The number of aryl methyl sites for hydroxylation is 1. The molecule has 1 aromatic heterocycles. The first kappa shape index (κ1) is 9.75. The van der Waals surface area contributed by atoms with Crippen molar-refractivity contribution >= 4 is 11.3 Å². The Morgan fingerprint density at radius 1 is 1.50 bits per heavy atom. The maximum absolute atomic E-state index is 3.35. The van der Waals surface area contributed by atoms with Crippen LogP contribution >= 0.6 is 11.3 Å². The van der Waals surface area contributed by atoms with E-state index in [4.69, 9.17) is 0 Å². The van der Waals surface area contributed by atoms with Gasteiger partial charge in [0.05, 0.1) is 0 Å². The molecule has 0 saturated carbocycles. The SMILES string of the molecule is CCCC(NC)c1cscc1C. The minimum absolute atomic E-state index is 0.557. The molecule has 12 heavy (non-hydrogen) atoms. The molecular weight excluding hydrogens is 166 g/mol. The Balaban J connectivity index is 2.72. The van der Waals surface area contributed by atoms with Crippen LogP contribution in [0, 0.1) is 6.92 Å². The predicted molar refractivity (Wildman–Crippen MR) is 55.8 cm³/mol. The summed E-state index contributed by atoms with van der Waals surface area (Å²) in [6, 6.07) is 0.557. The Kier molecular flexibility index (Phi) is 3.76. The maximum Gasteiger partial charge on any atom is 0.0328 e. The third kappa shape index (κ3) is 2.08. The van der Waals surface area contributed by atoms with Crippen LogP contribution in [0.5, 0.6) is 0 Å². The fourth-order valence-electron chi connectivity index (χ4n) is 1.47. The standard InChI is InChI=1S/C10H17NS/c1-4-5-10(11-3)9-7-12-6-8(9)2/h6-7,10-11H,4-5H2,1-3H3. The molecule has 0 radical (unpaired) electrons. The highest BCUT2D eigenvalue weighted by Gasteiger charge is 2.10. The van der Waals surface area contributed by atoms with Crippen molar-refractivity contribution in [1.29, 1.82) is 0 Å².